The average Bonchev–Trinajstić information content (AvgIpc) is 2.47. The summed E-state index contributed by atoms with van der Waals surface area (Å²) < 4.78 is 26.0. The SMILES string of the molecule is CNS(=O)(=O)c1ccccc1NC(=O)c1cncc(Cl)n1. The van der Waals surface area contributed by atoms with E-state index in [4.69, 9.17) is 11.6 Å². The molecule has 21 heavy (non-hydrogen) atoms. The van der Waals surface area contributed by atoms with Crippen LogP contribution in [-0.4, -0.2) is 31.3 Å². The Morgan fingerprint density at radius 3 is 2.62 bits per heavy atom. The Balaban J connectivity index is 2.35. The maximum absolute atomic E-state index is 12.0. The van der Waals surface area contributed by atoms with E-state index < -0.39 is 15.9 Å². The lowest BCUT2D eigenvalue weighted by Gasteiger charge is -2.10. The van der Waals surface area contributed by atoms with Crippen molar-refractivity contribution in [2.24, 2.45) is 0 Å². The number of halogens is 1. The van der Waals surface area contributed by atoms with Crippen molar-refractivity contribution in [1.29, 1.82) is 0 Å². The minimum Gasteiger partial charge on any atom is -0.319 e. The summed E-state index contributed by atoms with van der Waals surface area (Å²) in [4.78, 5) is 19.6. The van der Waals surface area contributed by atoms with Gasteiger partial charge in [-0.3, -0.25) is 9.78 Å². The second-order valence-corrected chi connectivity index (χ2v) is 6.13. The molecule has 110 valence electrons. The van der Waals surface area contributed by atoms with E-state index in [0.717, 1.165) is 0 Å². The molecule has 1 aromatic heterocycles. The highest BCUT2D eigenvalue weighted by atomic mass is 35.5. The molecule has 2 aromatic rings. The first-order chi connectivity index (χ1) is 9.94. The van der Waals surface area contributed by atoms with E-state index in [9.17, 15) is 13.2 Å². The molecule has 2 rings (SSSR count). The number of amides is 1. The number of hydrogen-bond acceptors (Lipinski definition) is 5. The van der Waals surface area contributed by atoms with Crippen molar-refractivity contribution in [3.63, 3.8) is 0 Å². The zero-order chi connectivity index (χ0) is 15.5. The van der Waals surface area contributed by atoms with Gasteiger partial charge in [0, 0.05) is 0 Å². The normalized spacial score (nSPS) is 11.1. The maximum Gasteiger partial charge on any atom is 0.275 e. The lowest BCUT2D eigenvalue weighted by Crippen LogP contribution is -2.22. The highest BCUT2D eigenvalue weighted by Gasteiger charge is 2.18. The van der Waals surface area contributed by atoms with Gasteiger partial charge >= 0.3 is 0 Å². The third-order valence-corrected chi connectivity index (χ3v) is 4.19. The van der Waals surface area contributed by atoms with Crippen molar-refractivity contribution in [2.75, 3.05) is 12.4 Å². The second-order valence-electron chi connectivity index (χ2n) is 3.88. The zero-order valence-electron chi connectivity index (χ0n) is 10.9. The Morgan fingerprint density at radius 2 is 1.95 bits per heavy atom. The smallest absolute Gasteiger partial charge is 0.275 e. The maximum atomic E-state index is 12.0. The second kappa shape index (κ2) is 6.17. The summed E-state index contributed by atoms with van der Waals surface area (Å²) in [6, 6.07) is 6.01. The van der Waals surface area contributed by atoms with Gasteiger partial charge in [-0.15, -0.1) is 0 Å². The molecule has 9 heteroatoms. The Bertz CT molecular complexity index is 780. The van der Waals surface area contributed by atoms with Crippen molar-refractivity contribution in [1.82, 2.24) is 14.7 Å². The molecule has 0 saturated heterocycles. The molecular formula is C12H11ClN4O3S. The van der Waals surface area contributed by atoms with E-state index >= 15 is 0 Å². The molecule has 0 aliphatic heterocycles. The number of aromatic nitrogens is 2. The molecule has 0 unspecified atom stereocenters. The van der Waals surface area contributed by atoms with Crippen molar-refractivity contribution >= 4 is 33.2 Å². The van der Waals surface area contributed by atoms with E-state index in [2.05, 4.69) is 20.0 Å². The van der Waals surface area contributed by atoms with Gasteiger partial charge in [0.05, 0.1) is 18.1 Å². The molecule has 0 spiro atoms. The number of carbonyl (C=O) groups is 1. The van der Waals surface area contributed by atoms with Crippen molar-refractivity contribution < 1.29 is 13.2 Å². The van der Waals surface area contributed by atoms with Gasteiger partial charge < -0.3 is 5.32 Å². The Labute approximate surface area is 126 Å². The fourth-order valence-corrected chi connectivity index (χ4v) is 2.59. The highest BCUT2D eigenvalue weighted by molar-refractivity contribution is 7.89. The number of sulfonamides is 1. The van der Waals surface area contributed by atoms with Gasteiger partial charge in [0.25, 0.3) is 5.91 Å². The summed E-state index contributed by atoms with van der Waals surface area (Å²) >= 11 is 5.66. The largest absolute Gasteiger partial charge is 0.319 e. The first kappa shape index (κ1) is 15.4. The van der Waals surface area contributed by atoms with Crippen LogP contribution >= 0.6 is 11.6 Å². The Morgan fingerprint density at radius 1 is 1.24 bits per heavy atom. The van der Waals surface area contributed by atoms with E-state index in [-0.39, 0.29) is 21.4 Å². The molecule has 0 fully saturated rings. The van der Waals surface area contributed by atoms with E-state index in [1.54, 1.807) is 12.1 Å². The fourth-order valence-electron chi connectivity index (χ4n) is 1.55. The van der Waals surface area contributed by atoms with E-state index in [1.807, 2.05) is 0 Å². The minimum absolute atomic E-state index is 0.0147. The number of anilines is 1. The van der Waals surface area contributed by atoms with Crippen LogP contribution < -0.4 is 10.0 Å². The van der Waals surface area contributed by atoms with Crippen molar-refractivity contribution in [3.05, 3.63) is 47.5 Å². The molecule has 0 radical (unpaired) electrons. The van der Waals surface area contributed by atoms with Crippen LogP contribution in [0.2, 0.25) is 5.15 Å². The minimum atomic E-state index is -3.69. The first-order valence-corrected chi connectivity index (χ1v) is 7.61. The van der Waals surface area contributed by atoms with Crippen molar-refractivity contribution in [3.8, 4) is 0 Å². The van der Waals surface area contributed by atoms with Crippen molar-refractivity contribution in [2.45, 2.75) is 4.90 Å². The van der Waals surface area contributed by atoms with E-state index in [0.29, 0.717) is 0 Å². The number of hydrogen-bond donors (Lipinski definition) is 2. The summed E-state index contributed by atoms with van der Waals surface area (Å²) in [5.41, 5.74) is 0.123. The van der Waals surface area contributed by atoms with Crippen LogP contribution in [0.25, 0.3) is 0 Å². The lowest BCUT2D eigenvalue weighted by atomic mass is 10.3. The fraction of sp³-hybridized carbons (Fsp3) is 0.0833. The standard InChI is InChI=1S/C12H11ClN4O3S/c1-14-21(19,20)10-5-3-2-4-8(10)17-12(18)9-6-15-7-11(13)16-9/h2-7,14H,1H3,(H,17,18). The topological polar surface area (TPSA) is 101 Å². The van der Waals surface area contributed by atoms with Crippen LogP contribution in [0.5, 0.6) is 0 Å². The quantitative estimate of drug-likeness (QED) is 0.881. The predicted octanol–water partition coefficient (Wildman–Crippen LogP) is 1.29. The van der Waals surface area contributed by atoms with Gasteiger partial charge in [0.2, 0.25) is 10.0 Å². The van der Waals surface area contributed by atoms with Gasteiger partial charge in [0.1, 0.15) is 15.7 Å². The highest BCUT2D eigenvalue weighted by Crippen LogP contribution is 2.20. The molecule has 0 aliphatic carbocycles. The number of para-hydroxylation sites is 1. The van der Waals surface area contributed by atoms with Crippen LogP contribution in [0, 0.1) is 0 Å². The monoisotopic (exact) mass is 326 g/mol. The lowest BCUT2D eigenvalue weighted by molar-refractivity contribution is 0.102. The summed E-state index contributed by atoms with van der Waals surface area (Å²) in [7, 11) is -2.40. The van der Waals surface area contributed by atoms with E-state index in [1.165, 1.54) is 31.6 Å². The summed E-state index contributed by atoms with van der Waals surface area (Å²) in [5.74, 6) is -0.608. The first-order valence-electron chi connectivity index (χ1n) is 5.75. The molecule has 1 heterocycles. The molecular weight excluding hydrogens is 316 g/mol. The number of rotatable bonds is 4. The van der Waals surface area contributed by atoms with Gasteiger partial charge in [-0.1, -0.05) is 23.7 Å². The van der Waals surface area contributed by atoms with Crippen LogP contribution in [0.1, 0.15) is 10.5 Å². The van der Waals surface area contributed by atoms with Gasteiger partial charge in [-0.25, -0.2) is 18.1 Å². The van der Waals surface area contributed by atoms with Gasteiger partial charge in [-0.2, -0.15) is 0 Å². The molecule has 0 saturated carbocycles. The van der Waals surface area contributed by atoms with Gasteiger partial charge in [0.15, 0.2) is 0 Å². The molecule has 1 aromatic carbocycles. The Hall–Kier alpha value is -2.03. The predicted molar refractivity (Wildman–Crippen MR) is 77.7 cm³/mol. The third kappa shape index (κ3) is 3.54. The Kier molecular flexibility index (Phi) is 4.51. The summed E-state index contributed by atoms with van der Waals surface area (Å²) in [6.07, 6.45) is 2.52. The molecule has 7 nitrogen and oxygen atoms in total. The molecule has 0 atom stereocenters. The number of nitrogens with one attached hydrogen (secondary N) is 2. The van der Waals surface area contributed by atoms with Crippen LogP contribution in [-0.2, 0) is 10.0 Å². The van der Waals surface area contributed by atoms with Gasteiger partial charge in [-0.05, 0) is 19.2 Å². The molecule has 1 amide bonds. The summed E-state index contributed by atoms with van der Waals surface area (Å²) in [5, 5.41) is 2.54. The van der Waals surface area contributed by atoms with Crippen LogP contribution in [0.3, 0.4) is 0 Å². The summed E-state index contributed by atoms with van der Waals surface area (Å²) in [6.45, 7) is 0. The van der Waals surface area contributed by atoms with Crippen LogP contribution in [0.4, 0.5) is 5.69 Å². The molecule has 0 bridgehead atoms. The number of benzene rings is 1. The average molecular weight is 327 g/mol. The number of nitrogens with zero attached hydrogens (tertiary/aromatic N) is 2. The molecule has 2 N–H and O–H groups in total. The number of carbonyl (C=O) groups excluding carboxylic acids is 1. The third-order valence-electron chi connectivity index (χ3n) is 2.53. The van der Waals surface area contributed by atoms with Crippen LogP contribution in [0.15, 0.2) is 41.6 Å². The zero-order valence-corrected chi connectivity index (χ0v) is 12.4. The molecule has 0 aliphatic rings.